The molecule has 0 aliphatic rings. The summed E-state index contributed by atoms with van der Waals surface area (Å²) < 4.78 is 21.1. The van der Waals surface area contributed by atoms with Gasteiger partial charge in [0.15, 0.2) is 0 Å². The maximum absolute atomic E-state index is 11.9. The molecule has 0 saturated heterocycles. The second-order valence-electron chi connectivity index (χ2n) is 7.22. The van der Waals surface area contributed by atoms with Gasteiger partial charge in [0.1, 0.15) is 30.5 Å². The van der Waals surface area contributed by atoms with Crippen molar-refractivity contribution in [2.24, 2.45) is 5.41 Å². The van der Waals surface area contributed by atoms with Gasteiger partial charge in [0.25, 0.3) is 0 Å². The Morgan fingerprint density at radius 3 is 2.10 bits per heavy atom. The summed E-state index contributed by atoms with van der Waals surface area (Å²) in [5, 5.41) is 0. The minimum absolute atomic E-state index is 0.196. The maximum atomic E-state index is 11.9. The molecule has 0 unspecified atom stereocenters. The first-order valence-corrected chi connectivity index (χ1v) is 9.78. The van der Waals surface area contributed by atoms with E-state index in [1.807, 2.05) is 32.9 Å². The molecule has 160 valence electrons. The fraction of sp³-hybridized carbons (Fsp3) is 0.333. The normalized spacial score (nSPS) is 11.2. The predicted molar refractivity (Wildman–Crippen MR) is 115 cm³/mol. The lowest BCUT2D eigenvalue weighted by atomic mass is 9.91. The molecule has 0 amide bonds. The van der Waals surface area contributed by atoms with E-state index in [2.05, 4.69) is 0 Å². The van der Waals surface area contributed by atoms with Crippen molar-refractivity contribution in [1.29, 1.82) is 0 Å². The smallest absolute Gasteiger partial charge is 0.336 e. The molecule has 0 aliphatic carbocycles. The Bertz CT molecular complexity index is 850. The Morgan fingerprint density at radius 2 is 1.50 bits per heavy atom. The van der Waals surface area contributed by atoms with Crippen molar-refractivity contribution in [3.63, 3.8) is 0 Å². The minimum atomic E-state index is -0.484. The zero-order valence-electron chi connectivity index (χ0n) is 17.8. The largest absolute Gasteiger partial charge is 0.497 e. The van der Waals surface area contributed by atoms with Crippen molar-refractivity contribution in [1.82, 2.24) is 0 Å². The van der Waals surface area contributed by atoms with Crippen LogP contribution in [0.25, 0.3) is 6.08 Å². The standard InChI is InChI=1S/C24H28O6/c1-5-24(2,3)23(26)29-17-16-28-20-9-6-18(7-10-20)8-15-22(25)30-21-13-11-19(27-4)12-14-21/h6-15H,5,16-17H2,1-4H3/b15-8+. The van der Waals surface area contributed by atoms with Crippen LogP contribution in [-0.4, -0.2) is 32.3 Å². The predicted octanol–water partition coefficient (Wildman–Crippen LogP) is 4.67. The molecule has 0 aromatic heterocycles. The van der Waals surface area contributed by atoms with E-state index in [1.54, 1.807) is 49.6 Å². The Morgan fingerprint density at radius 1 is 0.900 bits per heavy atom. The Balaban J connectivity index is 1.76. The molecule has 0 radical (unpaired) electrons. The zero-order chi connectivity index (χ0) is 22.0. The highest BCUT2D eigenvalue weighted by Gasteiger charge is 2.26. The third kappa shape index (κ3) is 7.28. The molecule has 0 N–H and O–H groups in total. The minimum Gasteiger partial charge on any atom is -0.497 e. The molecule has 0 heterocycles. The summed E-state index contributed by atoms with van der Waals surface area (Å²) in [7, 11) is 1.57. The van der Waals surface area contributed by atoms with Gasteiger partial charge in [-0.2, -0.15) is 0 Å². The molecule has 0 atom stereocenters. The quantitative estimate of drug-likeness (QED) is 0.244. The number of hydrogen-bond acceptors (Lipinski definition) is 6. The third-order valence-corrected chi connectivity index (χ3v) is 4.59. The van der Waals surface area contributed by atoms with E-state index in [4.69, 9.17) is 18.9 Å². The summed E-state index contributed by atoms with van der Waals surface area (Å²) in [6, 6.07) is 14.0. The fourth-order valence-corrected chi connectivity index (χ4v) is 2.27. The van der Waals surface area contributed by atoms with E-state index >= 15 is 0 Å². The van der Waals surface area contributed by atoms with Crippen LogP contribution in [0.15, 0.2) is 54.6 Å². The molecule has 0 saturated carbocycles. The number of carbonyl (C=O) groups excluding carboxylic acids is 2. The number of methoxy groups -OCH3 is 1. The first-order valence-electron chi connectivity index (χ1n) is 9.78. The van der Waals surface area contributed by atoms with Crippen LogP contribution >= 0.6 is 0 Å². The van der Waals surface area contributed by atoms with Crippen LogP contribution in [0.5, 0.6) is 17.2 Å². The molecular weight excluding hydrogens is 384 g/mol. The molecule has 30 heavy (non-hydrogen) atoms. The summed E-state index contributed by atoms with van der Waals surface area (Å²) in [4.78, 5) is 23.8. The van der Waals surface area contributed by atoms with Gasteiger partial charge < -0.3 is 18.9 Å². The van der Waals surface area contributed by atoms with Gasteiger partial charge in [-0.3, -0.25) is 4.79 Å². The summed E-state index contributed by atoms with van der Waals surface area (Å²) in [5.74, 6) is 1.08. The molecule has 0 spiro atoms. The summed E-state index contributed by atoms with van der Waals surface area (Å²) in [6.07, 6.45) is 3.73. The van der Waals surface area contributed by atoms with Gasteiger partial charge >= 0.3 is 11.9 Å². The van der Waals surface area contributed by atoms with Crippen molar-refractivity contribution in [3.8, 4) is 17.2 Å². The number of ether oxygens (including phenoxy) is 4. The van der Waals surface area contributed by atoms with Gasteiger partial charge in [0, 0.05) is 6.08 Å². The Hall–Kier alpha value is -3.28. The summed E-state index contributed by atoms with van der Waals surface area (Å²) in [5.41, 5.74) is 0.341. The van der Waals surface area contributed by atoms with E-state index < -0.39 is 11.4 Å². The van der Waals surface area contributed by atoms with E-state index in [9.17, 15) is 9.59 Å². The van der Waals surface area contributed by atoms with Crippen LogP contribution in [0, 0.1) is 5.41 Å². The van der Waals surface area contributed by atoms with Crippen LogP contribution in [0.1, 0.15) is 32.8 Å². The van der Waals surface area contributed by atoms with Gasteiger partial charge in [-0.1, -0.05) is 19.1 Å². The number of esters is 2. The second kappa shape index (κ2) is 11.0. The SMILES string of the molecule is CCC(C)(C)C(=O)OCCOc1ccc(/C=C/C(=O)Oc2ccc(OC)cc2)cc1. The lowest BCUT2D eigenvalue weighted by Crippen LogP contribution is -2.27. The third-order valence-electron chi connectivity index (χ3n) is 4.59. The number of hydrogen-bond donors (Lipinski definition) is 0. The van der Waals surface area contributed by atoms with Crippen molar-refractivity contribution >= 4 is 18.0 Å². The topological polar surface area (TPSA) is 71.1 Å². The number of benzene rings is 2. The van der Waals surface area contributed by atoms with Crippen LogP contribution in [0.3, 0.4) is 0 Å². The maximum Gasteiger partial charge on any atom is 0.336 e. The highest BCUT2D eigenvalue weighted by Crippen LogP contribution is 2.21. The van der Waals surface area contributed by atoms with Crippen LogP contribution < -0.4 is 14.2 Å². The average molecular weight is 412 g/mol. The zero-order valence-corrected chi connectivity index (χ0v) is 17.8. The lowest BCUT2D eigenvalue weighted by Gasteiger charge is -2.20. The van der Waals surface area contributed by atoms with Crippen LogP contribution in [-0.2, 0) is 14.3 Å². The molecule has 0 aliphatic heterocycles. The van der Waals surface area contributed by atoms with E-state index in [0.717, 1.165) is 12.0 Å². The van der Waals surface area contributed by atoms with Gasteiger partial charge in [-0.25, -0.2) is 4.79 Å². The number of rotatable bonds is 10. The lowest BCUT2D eigenvalue weighted by molar-refractivity contribution is -0.154. The van der Waals surface area contributed by atoms with Crippen LogP contribution in [0.4, 0.5) is 0 Å². The van der Waals surface area contributed by atoms with Crippen molar-refractivity contribution < 1.29 is 28.5 Å². The van der Waals surface area contributed by atoms with Crippen molar-refractivity contribution in [2.75, 3.05) is 20.3 Å². The summed E-state index contributed by atoms with van der Waals surface area (Å²) in [6.45, 7) is 6.13. The molecule has 6 heteroatoms. The highest BCUT2D eigenvalue weighted by molar-refractivity contribution is 5.88. The molecule has 0 bridgehead atoms. The van der Waals surface area contributed by atoms with E-state index in [0.29, 0.717) is 17.2 Å². The summed E-state index contributed by atoms with van der Waals surface area (Å²) >= 11 is 0. The van der Waals surface area contributed by atoms with Gasteiger partial charge in [-0.15, -0.1) is 0 Å². The first-order chi connectivity index (χ1) is 14.3. The van der Waals surface area contributed by atoms with E-state index in [-0.39, 0.29) is 19.2 Å². The first kappa shape index (κ1) is 23.0. The Labute approximate surface area is 177 Å². The van der Waals surface area contributed by atoms with Gasteiger partial charge in [-0.05, 0) is 68.3 Å². The molecule has 6 nitrogen and oxygen atoms in total. The fourth-order valence-electron chi connectivity index (χ4n) is 2.27. The van der Waals surface area contributed by atoms with Gasteiger partial charge in [0.2, 0.25) is 0 Å². The van der Waals surface area contributed by atoms with Crippen molar-refractivity contribution in [2.45, 2.75) is 27.2 Å². The Kier molecular flexibility index (Phi) is 8.47. The molecular formula is C24H28O6. The molecule has 0 fully saturated rings. The average Bonchev–Trinajstić information content (AvgIpc) is 2.76. The molecule has 2 rings (SSSR count). The number of carbonyl (C=O) groups is 2. The monoisotopic (exact) mass is 412 g/mol. The van der Waals surface area contributed by atoms with Crippen LogP contribution in [0.2, 0.25) is 0 Å². The second-order valence-corrected chi connectivity index (χ2v) is 7.22. The van der Waals surface area contributed by atoms with Crippen molar-refractivity contribution in [3.05, 3.63) is 60.2 Å². The van der Waals surface area contributed by atoms with Gasteiger partial charge in [0.05, 0.1) is 12.5 Å². The molecule has 2 aromatic carbocycles. The molecule has 2 aromatic rings. The highest BCUT2D eigenvalue weighted by atomic mass is 16.6. The van der Waals surface area contributed by atoms with E-state index in [1.165, 1.54) is 6.08 Å².